The lowest BCUT2D eigenvalue weighted by Gasteiger charge is -2.12. The maximum atomic E-state index is 9.89. The second kappa shape index (κ2) is 3.04. The van der Waals surface area contributed by atoms with Gasteiger partial charge in [0.25, 0.3) is 0 Å². The van der Waals surface area contributed by atoms with Crippen LogP contribution in [-0.2, 0) is 0 Å². The highest BCUT2D eigenvalue weighted by Crippen LogP contribution is 2.42. The molecule has 1 aromatic carbocycles. The van der Waals surface area contributed by atoms with Crippen molar-refractivity contribution < 1.29 is 5.11 Å². The summed E-state index contributed by atoms with van der Waals surface area (Å²) in [4.78, 5) is 0. The summed E-state index contributed by atoms with van der Waals surface area (Å²) in [6, 6.07) is 5.83. The van der Waals surface area contributed by atoms with E-state index in [4.69, 9.17) is 5.73 Å². The summed E-state index contributed by atoms with van der Waals surface area (Å²) < 4.78 is 0. The van der Waals surface area contributed by atoms with E-state index in [9.17, 15) is 5.11 Å². The number of nitrogen functional groups attached to an aromatic ring is 1. The Balaban J connectivity index is 2.31. The molecule has 0 bridgehead atoms. The first-order valence-corrected chi connectivity index (χ1v) is 4.72. The molecule has 0 spiro atoms. The molecule has 1 saturated carbocycles. The van der Waals surface area contributed by atoms with Gasteiger partial charge in [0.05, 0.1) is 6.10 Å². The van der Waals surface area contributed by atoms with E-state index in [1.165, 1.54) is 0 Å². The Bertz CT molecular complexity index is 318. The van der Waals surface area contributed by atoms with Crippen LogP contribution in [0.1, 0.15) is 30.1 Å². The van der Waals surface area contributed by atoms with Crippen molar-refractivity contribution in [3.63, 3.8) is 0 Å². The Labute approximate surface area is 78.4 Å². The fourth-order valence-corrected chi connectivity index (χ4v) is 1.62. The number of aliphatic hydroxyl groups is 1. The molecule has 70 valence electrons. The Morgan fingerprint density at radius 1 is 1.46 bits per heavy atom. The van der Waals surface area contributed by atoms with E-state index in [0.717, 1.165) is 24.0 Å². The molecule has 1 aliphatic carbocycles. The SMILES string of the molecule is Cc1ccc(N)c(C(O)C2CC2)c1. The summed E-state index contributed by atoms with van der Waals surface area (Å²) in [5.41, 5.74) is 8.57. The highest BCUT2D eigenvalue weighted by atomic mass is 16.3. The number of aryl methyl sites for hydroxylation is 1. The molecule has 1 fully saturated rings. The third kappa shape index (κ3) is 1.68. The number of hydrogen-bond donors (Lipinski definition) is 2. The smallest absolute Gasteiger partial charge is 0.0838 e. The van der Waals surface area contributed by atoms with Crippen molar-refractivity contribution >= 4 is 5.69 Å². The van der Waals surface area contributed by atoms with Crippen molar-refractivity contribution in [2.24, 2.45) is 5.92 Å². The zero-order valence-electron chi connectivity index (χ0n) is 7.83. The minimum Gasteiger partial charge on any atom is -0.398 e. The molecule has 0 aliphatic heterocycles. The molecule has 2 rings (SSSR count). The van der Waals surface area contributed by atoms with Crippen LogP contribution in [0, 0.1) is 12.8 Å². The molecule has 1 atom stereocenters. The van der Waals surface area contributed by atoms with E-state index in [2.05, 4.69) is 0 Å². The zero-order valence-corrected chi connectivity index (χ0v) is 7.83. The number of anilines is 1. The molecule has 2 heteroatoms. The van der Waals surface area contributed by atoms with Gasteiger partial charge >= 0.3 is 0 Å². The number of aliphatic hydroxyl groups excluding tert-OH is 1. The molecule has 3 N–H and O–H groups in total. The van der Waals surface area contributed by atoms with Gasteiger partial charge in [0, 0.05) is 11.3 Å². The molecule has 0 saturated heterocycles. The van der Waals surface area contributed by atoms with Crippen LogP contribution in [0.3, 0.4) is 0 Å². The normalized spacial score (nSPS) is 18.6. The van der Waals surface area contributed by atoms with Crippen molar-refractivity contribution in [1.82, 2.24) is 0 Å². The van der Waals surface area contributed by atoms with Gasteiger partial charge in [-0.2, -0.15) is 0 Å². The lowest BCUT2D eigenvalue weighted by molar-refractivity contribution is 0.154. The standard InChI is InChI=1S/C11H15NO/c1-7-2-5-10(12)9(6-7)11(13)8-3-4-8/h2,5-6,8,11,13H,3-4,12H2,1H3. The van der Waals surface area contributed by atoms with E-state index in [0.29, 0.717) is 11.6 Å². The van der Waals surface area contributed by atoms with Crippen molar-refractivity contribution in [1.29, 1.82) is 0 Å². The monoisotopic (exact) mass is 177 g/mol. The summed E-state index contributed by atoms with van der Waals surface area (Å²) in [6.45, 7) is 2.02. The number of nitrogens with two attached hydrogens (primary N) is 1. The summed E-state index contributed by atoms with van der Waals surface area (Å²) >= 11 is 0. The van der Waals surface area contributed by atoms with Gasteiger partial charge in [0.1, 0.15) is 0 Å². The molecular formula is C11H15NO. The molecule has 1 unspecified atom stereocenters. The Kier molecular flexibility index (Phi) is 2.00. The van der Waals surface area contributed by atoms with E-state index in [-0.39, 0.29) is 6.10 Å². The zero-order chi connectivity index (χ0) is 9.42. The second-order valence-corrected chi connectivity index (χ2v) is 3.91. The highest BCUT2D eigenvalue weighted by Gasteiger charge is 2.31. The summed E-state index contributed by atoms with van der Waals surface area (Å²) in [5.74, 6) is 0.448. The van der Waals surface area contributed by atoms with Crippen molar-refractivity contribution in [2.45, 2.75) is 25.9 Å². The molecule has 1 aromatic rings. The molecule has 13 heavy (non-hydrogen) atoms. The average molecular weight is 177 g/mol. The van der Waals surface area contributed by atoms with Gasteiger partial charge in [0.2, 0.25) is 0 Å². The van der Waals surface area contributed by atoms with Crippen molar-refractivity contribution in [3.05, 3.63) is 29.3 Å². The molecule has 0 amide bonds. The van der Waals surface area contributed by atoms with Crippen LogP contribution in [0.2, 0.25) is 0 Å². The molecule has 0 heterocycles. The number of benzene rings is 1. The van der Waals surface area contributed by atoms with Gasteiger partial charge in [-0.3, -0.25) is 0 Å². The Morgan fingerprint density at radius 3 is 2.77 bits per heavy atom. The quantitative estimate of drug-likeness (QED) is 0.679. The topological polar surface area (TPSA) is 46.2 Å². The van der Waals surface area contributed by atoms with Crippen LogP contribution in [0.25, 0.3) is 0 Å². The number of rotatable bonds is 2. The third-order valence-corrected chi connectivity index (χ3v) is 2.63. The van der Waals surface area contributed by atoms with Gasteiger partial charge < -0.3 is 10.8 Å². The van der Waals surface area contributed by atoms with Gasteiger partial charge in [-0.05, 0) is 31.7 Å². The molecule has 0 radical (unpaired) electrons. The lowest BCUT2D eigenvalue weighted by atomic mass is 10.0. The number of hydrogen-bond acceptors (Lipinski definition) is 2. The van der Waals surface area contributed by atoms with E-state index >= 15 is 0 Å². The summed E-state index contributed by atoms with van der Waals surface area (Å²) in [5, 5.41) is 9.89. The van der Waals surface area contributed by atoms with Crippen LogP contribution in [0.5, 0.6) is 0 Å². The average Bonchev–Trinajstić information content (AvgIpc) is 2.91. The predicted octanol–water partition coefficient (Wildman–Crippen LogP) is 2.02. The molecule has 1 aliphatic rings. The predicted molar refractivity (Wildman–Crippen MR) is 53.3 cm³/mol. The third-order valence-electron chi connectivity index (χ3n) is 2.63. The first kappa shape index (κ1) is 8.57. The maximum absolute atomic E-state index is 9.89. The van der Waals surface area contributed by atoms with Crippen LogP contribution in [0.15, 0.2) is 18.2 Å². The lowest BCUT2D eigenvalue weighted by Crippen LogP contribution is -2.04. The van der Waals surface area contributed by atoms with Crippen molar-refractivity contribution in [3.8, 4) is 0 Å². The van der Waals surface area contributed by atoms with Crippen LogP contribution >= 0.6 is 0 Å². The Morgan fingerprint density at radius 2 is 2.15 bits per heavy atom. The first-order chi connectivity index (χ1) is 6.18. The molecular weight excluding hydrogens is 162 g/mol. The van der Waals surface area contributed by atoms with Gasteiger partial charge in [-0.25, -0.2) is 0 Å². The van der Waals surface area contributed by atoms with E-state index in [1.807, 2.05) is 25.1 Å². The van der Waals surface area contributed by atoms with Crippen molar-refractivity contribution in [2.75, 3.05) is 5.73 Å². The van der Waals surface area contributed by atoms with Gasteiger partial charge in [-0.1, -0.05) is 17.7 Å². The van der Waals surface area contributed by atoms with E-state index in [1.54, 1.807) is 0 Å². The fourth-order valence-electron chi connectivity index (χ4n) is 1.62. The molecule has 0 aromatic heterocycles. The minimum atomic E-state index is -0.347. The highest BCUT2D eigenvalue weighted by molar-refractivity contribution is 5.50. The first-order valence-electron chi connectivity index (χ1n) is 4.72. The molecule has 2 nitrogen and oxygen atoms in total. The minimum absolute atomic E-state index is 0.347. The van der Waals surface area contributed by atoms with E-state index < -0.39 is 0 Å². The van der Waals surface area contributed by atoms with Crippen LogP contribution in [0.4, 0.5) is 5.69 Å². The van der Waals surface area contributed by atoms with Crippen LogP contribution < -0.4 is 5.73 Å². The maximum Gasteiger partial charge on any atom is 0.0838 e. The summed E-state index contributed by atoms with van der Waals surface area (Å²) in [7, 11) is 0. The van der Waals surface area contributed by atoms with Crippen LogP contribution in [-0.4, -0.2) is 5.11 Å². The summed E-state index contributed by atoms with van der Waals surface area (Å²) in [6.07, 6.45) is 1.92. The van der Waals surface area contributed by atoms with Gasteiger partial charge in [-0.15, -0.1) is 0 Å². The fraction of sp³-hybridized carbons (Fsp3) is 0.455. The second-order valence-electron chi connectivity index (χ2n) is 3.91. The van der Waals surface area contributed by atoms with Gasteiger partial charge in [0.15, 0.2) is 0 Å². The largest absolute Gasteiger partial charge is 0.398 e. The Hall–Kier alpha value is -1.02.